The van der Waals surface area contributed by atoms with Crippen LogP contribution in [0.2, 0.25) is 0 Å². The number of nitrogens with zero attached hydrogens (tertiary/aromatic N) is 6. The molecule has 5 rings (SSSR count). The van der Waals surface area contributed by atoms with Crippen molar-refractivity contribution in [3.63, 3.8) is 0 Å². The van der Waals surface area contributed by atoms with Gasteiger partial charge in [-0.1, -0.05) is 12.1 Å². The summed E-state index contributed by atoms with van der Waals surface area (Å²) in [6.45, 7) is 3.16. The van der Waals surface area contributed by atoms with Crippen LogP contribution in [0.4, 0.5) is 11.6 Å². The average Bonchev–Trinajstić information content (AvgIpc) is 2.72. The van der Waals surface area contributed by atoms with E-state index in [0.717, 1.165) is 60.0 Å². The Morgan fingerprint density at radius 3 is 2.57 bits per heavy atom. The minimum Gasteiger partial charge on any atom is -0.352 e. The van der Waals surface area contributed by atoms with Gasteiger partial charge in [-0.25, -0.2) is 18.4 Å². The summed E-state index contributed by atoms with van der Waals surface area (Å²) in [7, 11) is -3.02. The molecule has 3 aromatic rings. The molecule has 28 heavy (non-hydrogen) atoms. The number of benzene rings is 1. The van der Waals surface area contributed by atoms with Crippen molar-refractivity contribution in [1.29, 1.82) is 0 Å². The van der Waals surface area contributed by atoms with Crippen LogP contribution in [0.3, 0.4) is 0 Å². The second kappa shape index (κ2) is 6.66. The van der Waals surface area contributed by atoms with E-state index in [1.807, 2.05) is 30.3 Å². The number of aromatic nitrogens is 4. The summed E-state index contributed by atoms with van der Waals surface area (Å²) in [5.41, 5.74) is 2.54. The second-order valence-electron chi connectivity index (χ2n) is 7.21. The highest BCUT2D eigenvalue weighted by Crippen LogP contribution is 2.26. The maximum atomic E-state index is 11.9. The number of para-hydroxylation sites is 1. The topological polar surface area (TPSA) is 92.2 Å². The van der Waals surface area contributed by atoms with Gasteiger partial charge < -0.3 is 9.80 Å². The minimum atomic E-state index is -3.02. The van der Waals surface area contributed by atoms with Gasteiger partial charge in [-0.2, -0.15) is 5.10 Å². The summed E-state index contributed by atoms with van der Waals surface area (Å²) in [5, 5.41) is 9.69. The van der Waals surface area contributed by atoms with Gasteiger partial charge in [0.25, 0.3) is 0 Å². The number of sulfone groups is 1. The van der Waals surface area contributed by atoms with E-state index in [-0.39, 0.29) is 11.5 Å². The Kier molecular flexibility index (Phi) is 4.12. The van der Waals surface area contributed by atoms with Gasteiger partial charge in [-0.05, 0) is 23.8 Å². The summed E-state index contributed by atoms with van der Waals surface area (Å²) >= 11 is 0. The second-order valence-corrected chi connectivity index (χ2v) is 9.39. The molecule has 0 amide bonds. The molecule has 9 heteroatoms. The third-order valence-electron chi connectivity index (χ3n) is 5.40. The van der Waals surface area contributed by atoms with Crippen LogP contribution in [-0.2, 0) is 22.0 Å². The predicted octanol–water partition coefficient (Wildman–Crippen LogP) is 1.22. The lowest BCUT2D eigenvalue weighted by Gasteiger charge is -2.36. The van der Waals surface area contributed by atoms with Crippen molar-refractivity contribution in [3.05, 3.63) is 47.9 Å². The van der Waals surface area contributed by atoms with Gasteiger partial charge in [0.1, 0.15) is 12.1 Å². The van der Waals surface area contributed by atoms with Crippen molar-refractivity contribution in [3.8, 4) is 0 Å². The number of hydrogen-bond donors (Lipinski definition) is 0. The van der Waals surface area contributed by atoms with Crippen LogP contribution in [0.15, 0.2) is 36.7 Å². The summed E-state index contributed by atoms with van der Waals surface area (Å²) in [6.07, 6.45) is 2.07. The van der Waals surface area contributed by atoms with E-state index >= 15 is 0 Å². The van der Waals surface area contributed by atoms with Gasteiger partial charge in [0, 0.05) is 38.0 Å². The molecule has 0 atom stereocenters. The van der Waals surface area contributed by atoms with Crippen molar-refractivity contribution < 1.29 is 8.42 Å². The van der Waals surface area contributed by atoms with E-state index in [9.17, 15) is 8.42 Å². The molecule has 8 nitrogen and oxygen atoms in total. The fourth-order valence-electron chi connectivity index (χ4n) is 3.89. The normalized spacial score (nSPS) is 18.9. The van der Waals surface area contributed by atoms with Crippen LogP contribution in [-0.4, -0.2) is 60.5 Å². The summed E-state index contributed by atoms with van der Waals surface area (Å²) in [4.78, 5) is 13.3. The highest BCUT2D eigenvalue weighted by molar-refractivity contribution is 7.90. The van der Waals surface area contributed by atoms with Crippen molar-refractivity contribution in [2.45, 2.75) is 12.2 Å². The molecule has 1 aromatic carbocycles. The highest BCUT2D eigenvalue weighted by Gasteiger charge is 2.26. The van der Waals surface area contributed by atoms with Crippen LogP contribution < -0.4 is 9.80 Å². The zero-order chi connectivity index (χ0) is 19.1. The Bertz CT molecular complexity index is 1140. The van der Waals surface area contributed by atoms with Gasteiger partial charge >= 0.3 is 0 Å². The molecular weight excluding hydrogens is 376 g/mol. The Hall–Kier alpha value is -2.81. The first-order chi connectivity index (χ1) is 13.6. The number of fused-ring (bicyclic) bond motifs is 2. The van der Waals surface area contributed by atoms with Gasteiger partial charge in [-0.3, -0.25) is 0 Å². The van der Waals surface area contributed by atoms with Crippen LogP contribution >= 0.6 is 0 Å². The first-order valence-electron chi connectivity index (χ1n) is 9.35. The van der Waals surface area contributed by atoms with E-state index in [1.54, 1.807) is 6.33 Å². The number of rotatable bonds is 2. The van der Waals surface area contributed by atoms with E-state index in [0.29, 0.717) is 6.42 Å². The molecule has 0 aliphatic carbocycles. The summed E-state index contributed by atoms with van der Waals surface area (Å²) in [6, 6.07) is 9.92. The monoisotopic (exact) mass is 396 g/mol. The molecule has 4 heterocycles. The van der Waals surface area contributed by atoms with E-state index < -0.39 is 9.84 Å². The van der Waals surface area contributed by atoms with Crippen LogP contribution in [0.5, 0.6) is 0 Å². The quantitative estimate of drug-likeness (QED) is 0.638. The molecule has 2 aromatic heterocycles. The van der Waals surface area contributed by atoms with Crippen LogP contribution in [0, 0.1) is 0 Å². The lowest BCUT2D eigenvalue weighted by Crippen LogP contribution is -2.47. The number of piperazine rings is 1. The van der Waals surface area contributed by atoms with Crippen LogP contribution in [0.25, 0.3) is 10.9 Å². The minimum absolute atomic E-state index is 0.0672. The summed E-state index contributed by atoms with van der Waals surface area (Å²) in [5.74, 6) is 1.94. The first kappa shape index (κ1) is 17.3. The van der Waals surface area contributed by atoms with Gasteiger partial charge in [-0.15, -0.1) is 5.10 Å². The molecule has 2 aliphatic rings. The van der Waals surface area contributed by atoms with Gasteiger partial charge in [0.2, 0.25) is 0 Å². The molecule has 0 radical (unpaired) electrons. The lowest BCUT2D eigenvalue weighted by molar-refractivity contribution is 0.589. The van der Waals surface area contributed by atoms with Crippen molar-refractivity contribution in [2.24, 2.45) is 0 Å². The lowest BCUT2D eigenvalue weighted by atomic mass is 10.1. The predicted molar refractivity (Wildman–Crippen MR) is 107 cm³/mol. The van der Waals surface area contributed by atoms with Crippen molar-refractivity contribution in [2.75, 3.05) is 41.7 Å². The molecular formula is C19H20N6O2S. The molecule has 0 unspecified atom stereocenters. The Morgan fingerprint density at radius 1 is 0.929 bits per heavy atom. The van der Waals surface area contributed by atoms with E-state index in [4.69, 9.17) is 0 Å². The van der Waals surface area contributed by atoms with E-state index in [1.165, 1.54) is 0 Å². The fourth-order valence-corrected chi connectivity index (χ4v) is 5.26. The molecule has 2 aliphatic heterocycles. The smallest absolute Gasteiger partial charge is 0.154 e. The standard InChI is InChI=1S/C19H20N6O2S/c26-28(27)10-5-16-14(12-28)11-18(23-22-16)24-6-8-25(9-7-24)19-15-3-1-2-4-17(15)20-13-21-19/h1-4,11,13H,5-10,12H2. The Morgan fingerprint density at radius 2 is 1.71 bits per heavy atom. The fraction of sp³-hybridized carbons (Fsp3) is 0.368. The van der Waals surface area contributed by atoms with Crippen LogP contribution in [0.1, 0.15) is 11.3 Å². The molecule has 0 bridgehead atoms. The average molecular weight is 396 g/mol. The molecule has 0 N–H and O–H groups in total. The third kappa shape index (κ3) is 3.15. The Labute approximate surface area is 163 Å². The number of anilines is 2. The third-order valence-corrected chi connectivity index (χ3v) is 6.97. The molecule has 1 fully saturated rings. The summed E-state index contributed by atoms with van der Waals surface area (Å²) < 4.78 is 23.9. The molecule has 0 spiro atoms. The number of aryl methyl sites for hydroxylation is 1. The first-order valence-corrected chi connectivity index (χ1v) is 11.2. The van der Waals surface area contributed by atoms with E-state index in [2.05, 4.69) is 30.0 Å². The Balaban J connectivity index is 1.35. The highest BCUT2D eigenvalue weighted by atomic mass is 32.2. The van der Waals surface area contributed by atoms with Crippen molar-refractivity contribution >= 4 is 32.4 Å². The van der Waals surface area contributed by atoms with Gasteiger partial charge in [0.15, 0.2) is 15.7 Å². The maximum Gasteiger partial charge on any atom is 0.154 e. The molecule has 1 saturated heterocycles. The zero-order valence-electron chi connectivity index (χ0n) is 15.3. The zero-order valence-corrected chi connectivity index (χ0v) is 16.1. The largest absolute Gasteiger partial charge is 0.352 e. The number of hydrogen-bond acceptors (Lipinski definition) is 8. The van der Waals surface area contributed by atoms with Gasteiger partial charge in [0.05, 0.1) is 22.7 Å². The molecule has 0 saturated carbocycles. The maximum absolute atomic E-state index is 11.9. The van der Waals surface area contributed by atoms with Crippen molar-refractivity contribution in [1.82, 2.24) is 20.2 Å². The molecule has 144 valence electrons. The SMILES string of the molecule is O=S1(=O)CCc2nnc(N3CCN(c4ncnc5ccccc45)CC3)cc2C1.